The van der Waals surface area contributed by atoms with Gasteiger partial charge in [0.1, 0.15) is 23.5 Å². The highest BCUT2D eigenvalue weighted by atomic mass is 31.2. The van der Waals surface area contributed by atoms with Gasteiger partial charge in [0, 0.05) is 30.2 Å². The molecule has 1 aliphatic heterocycles. The molecule has 1 aromatic carbocycles. The minimum Gasteiger partial charge on any atom is -0.497 e. The Kier molecular flexibility index (Phi) is 7.95. The maximum Gasteiger partial charge on any atom is 0.280 e. The molecule has 1 saturated heterocycles. The number of nitrogens with zero attached hydrogens (tertiary/aromatic N) is 4. The van der Waals surface area contributed by atoms with Gasteiger partial charge in [-0.2, -0.15) is 10.1 Å². The third-order valence-electron chi connectivity index (χ3n) is 6.34. The summed E-state index contributed by atoms with van der Waals surface area (Å²) in [5, 5.41) is 5.10. The van der Waals surface area contributed by atoms with Gasteiger partial charge in [-0.1, -0.05) is 12.1 Å². The number of hydrogen-bond donors (Lipinski definition) is 2. The van der Waals surface area contributed by atoms with Crippen molar-refractivity contribution in [3.8, 4) is 11.6 Å². The van der Waals surface area contributed by atoms with Gasteiger partial charge in [-0.25, -0.2) is 4.68 Å². The molecule has 2 N–H and O–H groups in total. The summed E-state index contributed by atoms with van der Waals surface area (Å²) in [7, 11) is 1.15. The van der Waals surface area contributed by atoms with Crippen LogP contribution in [0.3, 0.4) is 0 Å². The monoisotopic (exact) mass is 500 g/mol. The molecule has 2 aromatic heterocycles. The van der Waals surface area contributed by atoms with Crippen LogP contribution in [-0.4, -0.2) is 63.8 Å². The van der Waals surface area contributed by atoms with Crippen molar-refractivity contribution in [3.05, 3.63) is 52.4 Å². The Morgan fingerprint density at radius 1 is 1.17 bits per heavy atom. The summed E-state index contributed by atoms with van der Waals surface area (Å²) in [6.45, 7) is 1.34. The highest BCUT2D eigenvalue weighted by Crippen LogP contribution is 2.32. The SMILES string of the molecule is COc1cccc(C(=O)Cn2ncc3cc(N4CCC(CCP(O)O)CC4)nc(OC)c3c2=O)c1. The molecule has 10 nitrogen and oxygen atoms in total. The standard InChI is InChI=1S/C24H29N4O6P/c1-33-19-5-3-4-17(12-19)20(29)15-28-24(30)22-18(14-25-28)13-21(26-23(22)34-2)27-9-6-16(7-10-27)8-11-35(31)32/h3-5,12-14,16,31-32H,6-11,15H2,1-2H3. The number of pyridine rings is 1. The fraction of sp³-hybridized carbons (Fsp3) is 0.417. The van der Waals surface area contributed by atoms with E-state index in [0.29, 0.717) is 34.6 Å². The smallest absolute Gasteiger partial charge is 0.280 e. The number of piperidine rings is 1. The van der Waals surface area contributed by atoms with Crippen LogP contribution in [0.25, 0.3) is 10.8 Å². The number of carbonyl (C=O) groups is 1. The van der Waals surface area contributed by atoms with Crippen LogP contribution in [0.1, 0.15) is 29.6 Å². The van der Waals surface area contributed by atoms with Gasteiger partial charge in [0.2, 0.25) is 5.88 Å². The first-order valence-electron chi connectivity index (χ1n) is 11.4. The molecule has 0 saturated carbocycles. The molecule has 0 amide bonds. The Morgan fingerprint density at radius 3 is 2.63 bits per heavy atom. The number of rotatable bonds is 9. The number of fused-ring (bicyclic) bond motifs is 1. The molecule has 0 radical (unpaired) electrons. The molecule has 0 bridgehead atoms. The van der Waals surface area contributed by atoms with E-state index in [1.807, 2.05) is 6.07 Å². The van der Waals surface area contributed by atoms with Crippen molar-refractivity contribution < 1.29 is 24.1 Å². The number of aromatic nitrogens is 3. The van der Waals surface area contributed by atoms with Crippen LogP contribution in [0.5, 0.6) is 11.6 Å². The number of ether oxygens (including phenoxy) is 2. The van der Waals surface area contributed by atoms with Gasteiger partial charge in [-0.05, 0) is 43.4 Å². The van der Waals surface area contributed by atoms with Crippen LogP contribution in [-0.2, 0) is 6.54 Å². The Bertz CT molecular complexity index is 1260. The second-order valence-corrected chi connectivity index (χ2v) is 9.72. The molecule has 0 spiro atoms. The van der Waals surface area contributed by atoms with Crippen molar-refractivity contribution in [1.29, 1.82) is 0 Å². The molecular weight excluding hydrogens is 471 g/mol. The van der Waals surface area contributed by atoms with Gasteiger partial charge in [0.05, 0.1) is 20.4 Å². The molecule has 1 aliphatic rings. The summed E-state index contributed by atoms with van der Waals surface area (Å²) in [6, 6.07) is 8.58. The van der Waals surface area contributed by atoms with Crippen molar-refractivity contribution in [3.63, 3.8) is 0 Å². The fourth-order valence-electron chi connectivity index (χ4n) is 4.35. The number of anilines is 1. The van der Waals surface area contributed by atoms with Crippen molar-refractivity contribution in [2.24, 2.45) is 5.92 Å². The molecule has 11 heteroatoms. The molecule has 1 fully saturated rings. The molecule has 35 heavy (non-hydrogen) atoms. The second-order valence-electron chi connectivity index (χ2n) is 8.53. The van der Waals surface area contributed by atoms with Crippen LogP contribution >= 0.6 is 8.38 Å². The lowest BCUT2D eigenvalue weighted by Gasteiger charge is -2.33. The van der Waals surface area contributed by atoms with E-state index in [2.05, 4.69) is 15.0 Å². The van der Waals surface area contributed by atoms with E-state index in [9.17, 15) is 9.59 Å². The molecule has 186 valence electrons. The maximum atomic E-state index is 13.2. The first-order chi connectivity index (χ1) is 16.9. The first kappa shape index (κ1) is 25.0. The van der Waals surface area contributed by atoms with Gasteiger partial charge in [0.25, 0.3) is 5.56 Å². The van der Waals surface area contributed by atoms with Crippen molar-refractivity contribution in [2.45, 2.75) is 25.8 Å². The number of benzene rings is 1. The van der Waals surface area contributed by atoms with E-state index in [-0.39, 0.29) is 23.6 Å². The topological polar surface area (TPSA) is 127 Å². The Hall–Kier alpha value is -3.07. The molecule has 3 heterocycles. The zero-order valence-corrected chi connectivity index (χ0v) is 20.6. The van der Waals surface area contributed by atoms with Crippen LogP contribution in [0.15, 0.2) is 41.3 Å². The summed E-state index contributed by atoms with van der Waals surface area (Å²) in [4.78, 5) is 51.0. The number of Topliss-reactive ketones (excluding diaryl/α,β-unsaturated/α-hetero) is 1. The van der Waals surface area contributed by atoms with E-state index in [4.69, 9.17) is 19.3 Å². The maximum absolute atomic E-state index is 13.2. The lowest BCUT2D eigenvalue weighted by molar-refractivity contribution is 0.0965. The summed E-state index contributed by atoms with van der Waals surface area (Å²) in [5.74, 6) is 1.64. The van der Waals surface area contributed by atoms with Crippen LogP contribution in [0, 0.1) is 5.92 Å². The van der Waals surface area contributed by atoms with E-state index in [1.165, 1.54) is 14.2 Å². The minimum absolute atomic E-state index is 0.195. The Balaban J connectivity index is 1.55. The number of methoxy groups -OCH3 is 2. The van der Waals surface area contributed by atoms with Crippen molar-refractivity contribution in [1.82, 2.24) is 14.8 Å². The second kappa shape index (κ2) is 11.1. The minimum atomic E-state index is -1.84. The zero-order chi connectivity index (χ0) is 24.9. The lowest BCUT2D eigenvalue weighted by Crippen LogP contribution is -2.34. The van der Waals surface area contributed by atoms with E-state index in [0.717, 1.165) is 37.0 Å². The predicted molar refractivity (Wildman–Crippen MR) is 133 cm³/mol. The van der Waals surface area contributed by atoms with Gasteiger partial charge >= 0.3 is 0 Å². The lowest BCUT2D eigenvalue weighted by atomic mass is 9.94. The van der Waals surface area contributed by atoms with Gasteiger partial charge in [0.15, 0.2) is 14.2 Å². The van der Waals surface area contributed by atoms with E-state index < -0.39 is 13.9 Å². The normalized spacial score (nSPS) is 14.5. The third kappa shape index (κ3) is 5.78. The Morgan fingerprint density at radius 2 is 1.94 bits per heavy atom. The molecule has 0 aliphatic carbocycles. The van der Waals surface area contributed by atoms with Crippen LogP contribution < -0.4 is 19.9 Å². The Labute approximate surface area is 204 Å². The quantitative estimate of drug-likeness (QED) is 0.337. The van der Waals surface area contributed by atoms with Crippen LogP contribution in [0.2, 0.25) is 0 Å². The highest BCUT2D eigenvalue weighted by molar-refractivity contribution is 7.45. The van der Waals surface area contributed by atoms with E-state index in [1.54, 1.807) is 30.5 Å². The predicted octanol–water partition coefficient (Wildman–Crippen LogP) is 2.59. The molecule has 0 unspecified atom stereocenters. The summed E-state index contributed by atoms with van der Waals surface area (Å²) in [6.07, 6.45) is 4.66. The number of hydrogen-bond acceptors (Lipinski definition) is 9. The van der Waals surface area contributed by atoms with Gasteiger partial charge < -0.3 is 24.2 Å². The third-order valence-corrected chi connectivity index (χ3v) is 7.00. The fourth-order valence-corrected chi connectivity index (χ4v) is 4.95. The number of carbonyl (C=O) groups excluding carboxylic acids is 1. The average Bonchev–Trinajstić information content (AvgIpc) is 2.88. The van der Waals surface area contributed by atoms with Crippen molar-refractivity contribution in [2.75, 3.05) is 38.4 Å². The molecule has 0 atom stereocenters. The first-order valence-corrected chi connectivity index (χ1v) is 12.8. The summed E-state index contributed by atoms with van der Waals surface area (Å²) >= 11 is 0. The summed E-state index contributed by atoms with van der Waals surface area (Å²) in [5.41, 5.74) is -0.0190. The average molecular weight is 500 g/mol. The van der Waals surface area contributed by atoms with Crippen molar-refractivity contribution >= 4 is 30.7 Å². The number of ketones is 1. The molecule has 3 aromatic rings. The zero-order valence-electron chi connectivity index (χ0n) is 19.8. The molecule has 4 rings (SSSR count). The summed E-state index contributed by atoms with van der Waals surface area (Å²) < 4.78 is 11.8. The highest BCUT2D eigenvalue weighted by Gasteiger charge is 2.23. The van der Waals surface area contributed by atoms with Gasteiger partial charge in [-0.15, -0.1) is 0 Å². The van der Waals surface area contributed by atoms with Crippen LogP contribution in [0.4, 0.5) is 5.82 Å². The molecular formula is C24H29N4O6P. The van der Waals surface area contributed by atoms with E-state index >= 15 is 0 Å². The largest absolute Gasteiger partial charge is 0.497 e. The van der Waals surface area contributed by atoms with Gasteiger partial charge in [-0.3, -0.25) is 9.59 Å².